The summed E-state index contributed by atoms with van der Waals surface area (Å²) in [5.74, 6) is 0.0236. The lowest BCUT2D eigenvalue weighted by molar-refractivity contribution is 0.0697. The molecule has 3 aromatic rings. The third-order valence-electron chi connectivity index (χ3n) is 5.39. The second-order valence-corrected chi connectivity index (χ2v) is 8.84. The normalized spacial score (nSPS) is 11.7. The first-order chi connectivity index (χ1) is 16.1. The van der Waals surface area contributed by atoms with Crippen LogP contribution in [0.1, 0.15) is 41.3 Å². The van der Waals surface area contributed by atoms with Crippen LogP contribution >= 0.6 is 11.8 Å². The van der Waals surface area contributed by atoms with Gasteiger partial charge in [-0.05, 0) is 30.9 Å². The van der Waals surface area contributed by atoms with E-state index in [1.807, 2.05) is 30.0 Å². The second kappa shape index (κ2) is 12.0. The fraction of sp³-hybridized carbons (Fsp3) is 0.222. The molecule has 0 spiro atoms. The molecular formula is C27H29N3O2S. The number of thioether (sulfide) groups is 1. The molecule has 0 radical (unpaired) electrons. The number of carbonyl (C=O) groups is 1. The highest BCUT2D eigenvalue weighted by Gasteiger charge is 2.36. The number of carboxylic acids is 1. The van der Waals surface area contributed by atoms with Crippen LogP contribution in [0.4, 0.5) is 5.82 Å². The zero-order valence-electron chi connectivity index (χ0n) is 18.8. The number of anilines is 1. The largest absolute Gasteiger partial charge is 0.477 e. The van der Waals surface area contributed by atoms with E-state index in [2.05, 4.69) is 83.4 Å². The summed E-state index contributed by atoms with van der Waals surface area (Å²) in [4.78, 5) is 19.4. The molecule has 170 valence electrons. The van der Waals surface area contributed by atoms with E-state index in [1.54, 1.807) is 0 Å². The monoisotopic (exact) mass is 459 g/mol. The first kappa shape index (κ1) is 24.3. The summed E-state index contributed by atoms with van der Waals surface area (Å²) in [5, 5.41) is 12.6. The van der Waals surface area contributed by atoms with Crippen molar-refractivity contribution in [2.45, 2.75) is 24.5 Å². The molecule has 1 aromatic heterocycles. The molecule has 2 aromatic carbocycles. The van der Waals surface area contributed by atoms with E-state index in [0.29, 0.717) is 12.4 Å². The number of unbranched alkanes of at least 4 members (excludes halogenated alkanes) is 1. The molecule has 0 bridgehead atoms. The SMILES string of the molecule is C=CCC/C=C(\C)C(SCCNc1ncncc1C(=O)O)(c1ccccc1)c1ccccc1. The van der Waals surface area contributed by atoms with Crippen LogP contribution in [0.3, 0.4) is 0 Å². The summed E-state index contributed by atoms with van der Waals surface area (Å²) in [6.45, 7) is 6.60. The van der Waals surface area contributed by atoms with E-state index in [-0.39, 0.29) is 10.3 Å². The molecule has 0 aliphatic heterocycles. The average Bonchev–Trinajstić information content (AvgIpc) is 2.85. The van der Waals surface area contributed by atoms with Gasteiger partial charge in [0.25, 0.3) is 0 Å². The van der Waals surface area contributed by atoms with Crippen LogP contribution in [0, 0.1) is 0 Å². The van der Waals surface area contributed by atoms with Gasteiger partial charge in [0.15, 0.2) is 0 Å². The Morgan fingerprint density at radius 2 is 1.73 bits per heavy atom. The van der Waals surface area contributed by atoms with Crippen LogP contribution in [0.25, 0.3) is 0 Å². The van der Waals surface area contributed by atoms with Gasteiger partial charge in [-0.25, -0.2) is 14.8 Å². The Balaban J connectivity index is 1.92. The van der Waals surface area contributed by atoms with Gasteiger partial charge in [-0.1, -0.05) is 78.4 Å². The summed E-state index contributed by atoms with van der Waals surface area (Å²) < 4.78 is -0.368. The quantitative estimate of drug-likeness (QED) is 0.249. The minimum absolute atomic E-state index is 0.0698. The van der Waals surface area contributed by atoms with Crippen molar-refractivity contribution in [1.82, 2.24) is 9.97 Å². The Bertz CT molecular complexity index is 1050. The minimum Gasteiger partial charge on any atom is -0.477 e. The van der Waals surface area contributed by atoms with Crippen LogP contribution in [0.5, 0.6) is 0 Å². The molecule has 0 saturated carbocycles. The maximum Gasteiger partial charge on any atom is 0.341 e. The van der Waals surface area contributed by atoms with Crippen molar-refractivity contribution in [3.63, 3.8) is 0 Å². The molecule has 0 saturated heterocycles. The summed E-state index contributed by atoms with van der Waals surface area (Å²) in [6.07, 6.45) is 8.76. The number of aromatic carboxylic acids is 1. The van der Waals surface area contributed by atoms with E-state index in [4.69, 9.17) is 0 Å². The fourth-order valence-electron chi connectivity index (χ4n) is 3.81. The van der Waals surface area contributed by atoms with Crippen molar-refractivity contribution < 1.29 is 9.90 Å². The van der Waals surface area contributed by atoms with Gasteiger partial charge in [-0.3, -0.25) is 0 Å². The molecule has 5 nitrogen and oxygen atoms in total. The lowest BCUT2D eigenvalue weighted by Gasteiger charge is -2.36. The van der Waals surface area contributed by atoms with Gasteiger partial charge in [0.05, 0.1) is 4.75 Å². The third-order valence-corrected chi connectivity index (χ3v) is 7.03. The van der Waals surface area contributed by atoms with Gasteiger partial charge in [-0.2, -0.15) is 0 Å². The number of aromatic nitrogens is 2. The molecule has 0 aliphatic carbocycles. The number of rotatable bonds is 12. The van der Waals surface area contributed by atoms with Gasteiger partial charge in [0.2, 0.25) is 0 Å². The Hall–Kier alpha value is -3.38. The Kier molecular flexibility index (Phi) is 8.84. The Labute approximate surface area is 199 Å². The number of nitrogens with one attached hydrogen (secondary N) is 1. The van der Waals surface area contributed by atoms with Gasteiger partial charge in [0, 0.05) is 18.5 Å². The lowest BCUT2D eigenvalue weighted by Crippen LogP contribution is -2.27. The highest BCUT2D eigenvalue weighted by molar-refractivity contribution is 8.00. The van der Waals surface area contributed by atoms with Crippen molar-refractivity contribution in [3.05, 3.63) is 114 Å². The molecule has 1 heterocycles. The zero-order chi connectivity index (χ0) is 23.5. The van der Waals surface area contributed by atoms with E-state index in [0.717, 1.165) is 18.6 Å². The van der Waals surface area contributed by atoms with Crippen molar-refractivity contribution in [2.75, 3.05) is 17.6 Å². The first-order valence-corrected chi connectivity index (χ1v) is 11.9. The molecule has 2 N–H and O–H groups in total. The molecule has 0 atom stereocenters. The standard InChI is InChI=1S/C27H29N3O2S/c1-3-4-7-12-21(2)27(22-13-8-5-9-14-22,23-15-10-6-11-16-23)33-18-17-29-25-24(26(31)32)19-28-20-30-25/h3,5-6,8-16,19-20H,1,4,7,17-18H2,2H3,(H,31,32)(H,28,29,30)/b21-12+. The molecule has 0 unspecified atom stereocenters. The molecule has 0 aliphatic rings. The van der Waals surface area contributed by atoms with Gasteiger partial charge in [0.1, 0.15) is 17.7 Å². The summed E-state index contributed by atoms with van der Waals surface area (Å²) in [5.41, 5.74) is 3.75. The van der Waals surface area contributed by atoms with E-state index >= 15 is 0 Å². The van der Waals surface area contributed by atoms with Gasteiger partial charge in [-0.15, -0.1) is 18.3 Å². The topological polar surface area (TPSA) is 75.1 Å². The van der Waals surface area contributed by atoms with Crippen LogP contribution in [-0.2, 0) is 4.75 Å². The Morgan fingerprint density at radius 1 is 1.09 bits per heavy atom. The maximum absolute atomic E-state index is 11.5. The maximum atomic E-state index is 11.5. The van der Waals surface area contributed by atoms with Gasteiger partial charge < -0.3 is 10.4 Å². The predicted octanol–water partition coefficient (Wildman–Crippen LogP) is 6.18. The fourth-order valence-corrected chi connectivity index (χ4v) is 5.24. The van der Waals surface area contributed by atoms with Crippen LogP contribution < -0.4 is 5.32 Å². The number of hydrogen-bond donors (Lipinski definition) is 2. The number of benzene rings is 2. The summed E-state index contributed by atoms with van der Waals surface area (Å²) >= 11 is 1.83. The Morgan fingerprint density at radius 3 is 2.30 bits per heavy atom. The first-order valence-electron chi connectivity index (χ1n) is 10.9. The van der Waals surface area contributed by atoms with Crippen LogP contribution in [0.15, 0.2) is 97.5 Å². The van der Waals surface area contributed by atoms with E-state index < -0.39 is 5.97 Å². The smallest absolute Gasteiger partial charge is 0.341 e. The predicted molar refractivity (Wildman–Crippen MR) is 137 cm³/mol. The highest BCUT2D eigenvalue weighted by Crippen LogP contribution is 2.48. The third kappa shape index (κ3) is 5.90. The van der Waals surface area contributed by atoms with E-state index in [1.165, 1.54) is 29.2 Å². The van der Waals surface area contributed by atoms with Crippen molar-refractivity contribution in [2.24, 2.45) is 0 Å². The molecule has 0 fully saturated rings. The van der Waals surface area contributed by atoms with Crippen molar-refractivity contribution in [1.29, 1.82) is 0 Å². The number of hydrogen-bond acceptors (Lipinski definition) is 5. The zero-order valence-corrected chi connectivity index (χ0v) is 19.6. The molecule has 3 rings (SSSR count). The number of carboxylic acid groups (broad SMARTS) is 1. The summed E-state index contributed by atoms with van der Waals surface area (Å²) in [6, 6.07) is 21.0. The minimum atomic E-state index is -1.05. The van der Waals surface area contributed by atoms with Crippen LogP contribution in [-0.4, -0.2) is 33.3 Å². The van der Waals surface area contributed by atoms with Crippen molar-refractivity contribution in [3.8, 4) is 0 Å². The number of nitrogens with zero attached hydrogens (tertiary/aromatic N) is 2. The highest BCUT2D eigenvalue weighted by atomic mass is 32.2. The van der Waals surface area contributed by atoms with Crippen LogP contribution in [0.2, 0.25) is 0 Å². The van der Waals surface area contributed by atoms with Gasteiger partial charge >= 0.3 is 5.97 Å². The van der Waals surface area contributed by atoms with Crippen molar-refractivity contribution >= 4 is 23.5 Å². The second-order valence-electron chi connectivity index (χ2n) is 7.53. The number of allylic oxidation sites excluding steroid dienone is 2. The average molecular weight is 460 g/mol. The molecule has 0 amide bonds. The summed E-state index contributed by atoms with van der Waals surface area (Å²) in [7, 11) is 0. The lowest BCUT2D eigenvalue weighted by atomic mass is 9.84. The van der Waals surface area contributed by atoms with E-state index in [9.17, 15) is 9.90 Å². The molecule has 6 heteroatoms. The molecular weight excluding hydrogens is 430 g/mol. The molecule has 33 heavy (non-hydrogen) atoms.